The lowest BCUT2D eigenvalue weighted by molar-refractivity contribution is 0.0659. The van der Waals surface area contributed by atoms with Crippen molar-refractivity contribution in [1.82, 2.24) is 24.4 Å². The van der Waals surface area contributed by atoms with Crippen molar-refractivity contribution in [2.24, 2.45) is 0 Å². The van der Waals surface area contributed by atoms with Gasteiger partial charge in [0.1, 0.15) is 0 Å². The van der Waals surface area contributed by atoms with Gasteiger partial charge in [-0.25, -0.2) is 4.52 Å². The number of thioether (sulfide) groups is 1. The number of nitrogens with one attached hydrogen (secondary N) is 1. The van der Waals surface area contributed by atoms with Crippen LogP contribution in [0.25, 0.3) is 5.65 Å². The molecular formula is C33H41N7O2S. The number of fused-ring (bicyclic) bond motifs is 1. The number of aliphatic hydroxyl groups is 1. The van der Waals surface area contributed by atoms with Crippen molar-refractivity contribution in [3.8, 4) is 0 Å². The molecule has 1 amide bonds. The van der Waals surface area contributed by atoms with Crippen LogP contribution in [0, 0.1) is 0 Å². The Balaban J connectivity index is 1.13. The molecule has 0 spiro atoms. The van der Waals surface area contributed by atoms with E-state index in [9.17, 15) is 9.90 Å². The van der Waals surface area contributed by atoms with E-state index in [1.807, 2.05) is 48.5 Å². The van der Waals surface area contributed by atoms with Gasteiger partial charge in [0, 0.05) is 53.9 Å². The summed E-state index contributed by atoms with van der Waals surface area (Å²) in [6, 6.07) is 20.6. The van der Waals surface area contributed by atoms with E-state index in [1.54, 1.807) is 16.3 Å². The standard InChI is InChI=1S/C33H41N7O2S/c1-37-19-14-27(15-20-37)38(2)31(42)24-6-10-26(11-7-24)34-32-35-30-29(5-4-18-40(30)36-32)39-21-16-33(23-41,17-22-39)25-8-12-28(43-3)13-9-25/h4-13,18,27,41H,14-17,19-23H2,1-3H3,(H,34,36). The first-order valence-electron chi connectivity index (χ1n) is 15.1. The summed E-state index contributed by atoms with van der Waals surface area (Å²) in [6.07, 6.45) is 7.72. The highest BCUT2D eigenvalue weighted by Crippen LogP contribution is 2.38. The SMILES string of the molecule is CSc1ccc(C2(CO)CCN(c3cccn4nc(Nc5ccc(C(=O)N(C)C6CCN(C)CC6)cc5)nc34)CC2)cc1. The van der Waals surface area contributed by atoms with E-state index in [2.05, 4.69) is 63.9 Å². The van der Waals surface area contributed by atoms with Gasteiger partial charge in [0.25, 0.3) is 5.91 Å². The van der Waals surface area contributed by atoms with Crippen molar-refractivity contribution in [2.75, 3.05) is 63.4 Å². The van der Waals surface area contributed by atoms with Gasteiger partial charge in [0.2, 0.25) is 5.95 Å². The first-order valence-corrected chi connectivity index (χ1v) is 16.3. The monoisotopic (exact) mass is 599 g/mol. The number of likely N-dealkylation sites (tertiary alicyclic amines) is 1. The predicted octanol–water partition coefficient (Wildman–Crippen LogP) is 4.89. The number of aliphatic hydroxyl groups excluding tert-OH is 1. The zero-order chi connectivity index (χ0) is 30.0. The van der Waals surface area contributed by atoms with Gasteiger partial charge in [0.15, 0.2) is 5.65 Å². The van der Waals surface area contributed by atoms with Crippen LogP contribution in [0.2, 0.25) is 0 Å². The van der Waals surface area contributed by atoms with Crippen LogP contribution in [0.5, 0.6) is 0 Å². The molecule has 0 radical (unpaired) electrons. The lowest BCUT2D eigenvalue weighted by Crippen LogP contribution is -2.45. The lowest BCUT2D eigenvalue weighted by Gasteiger charge is -2.42. The number of benzene rings is 2. The van der Waals surface area contributed by atoms with Crippen molar-refractivity contribution >= 4 is 40.6 Å². The van der Waals surface area contributed by atoms with E-state index in [4.69, 9.17) is 4.98 Å². The van der Waals surface area contributed by atoms with E-state index >= 15 is 0 Å². The second kappa shape index (κ2) is 12.6. The van der Waals surface area contributed by atoms with Gasteiger partial charge in [-0.05, 0) is 106 Å². The molecule has 10 heteroatoms. The number of anilines is 3. The molecule has 2 aromatic carbocycles. The summed E-state index contributed by atoms with van der Waals surface area (Å²) in [5, 5.41) is 18.4. The third-order valence-corrected chi connectivity index (χ3v) is 10.1. The fourth-order valence-electron chi connectivity index (χ4n) is 6.43. The Hall–Kier alpha value is -3.60. The normalized spacial score (nSPS) is 17.7. The molecule has 2 aliphatic heterocycles. The molecule has 2 N–H and O–H groups in total. The molecule has 0 unspecified atom stereocenters. The summed E-state index contributed by atoms with van der Waals surface area (Å²) in [4.78, 5) is 25.7. The quantitative estimate of drug-likeness (QED) is 0.277. The first-order chi connectivity index (χ1) is 20.9. The number of nitrogens with zero attached hydrogens (tertiary/aromatic N) is 6. The lowest BCUT2D eigenvalue weighted by atomic mass is 9.73. The van der Waals surface area contributed by atoms with Gasteiger partial charge in [-0.1, -0.05) is 12.1 Å². The zero-order valence-electron chi connectivity index (χ0n) is 25.2. The van der Waals surface area contributed by atoms with E-state index in [-0.39, 0.29) is 24.0 Å². The van der Waals surface area contributed by atoms with Crippen LogP contribution in [0.4, 0.5) is 17.3 Å². The highest BCUT2D eigenvalue weighted by atomic mass is 32.2. The number of hydrogen-bond acceptors (Lipinski definition) is 8. The fraction of sp³-hybridized carbons (Fsp3) is 0.424. The third-order valence-electron chi connectivity index (χ3n) is 9.35. The number of piperidine rings is 2. The summed E-state index contributed by atoms with van der Waals surface area (Å²) in [6.45, 7) is 3.82. The van der Waals surface area contributed by atoms with Crippen molar-refractivity contribution in [1.29, 1.82) is 0 Å². The van der Waals surface area contributed by atoms with Gasteiger partial charge in [-0.15, -0.1) is 16.9 Å². The molecule has 0 bridgehead atoms. The Morgan fingerprint density at radius 2 is 1.74 bits per heavy atom. The van der Waals surface area contributed by atoms with Gasteiger partial charge in [-0.3, -0.25) is 4.79 Å². The van der Waals surface area contributed by atoms with Crippen LogP contribution in [0.15, 0.2) is 71.8 Å². The molecule has 2 fully saturated rings. The predicted molar refractivity (Wildman–Crippen MR) is 174 cm³/mol. The van der Waals surface area contributed by atoms with Crippen molar-refractivity contribution < 1.29 is 9.90 Å². The molecule has 9 nitrogen and oxygen atoms in total. The molecule has 0 saturated carbocycles. The van der Waals surface area contributed by atoms with Gasteiger partial charge < -0.3 is 25.1 Å². The van der Waals surface area contributed by atoms with Crippen molar-refractivity contribution in [3.05, 3.63) is 78.0 Å². The van der Waals surface area contributed by atoms with Gasteiger partial charge in [-0.2, -0.15) is 4.98 Å². The molecule has 0 atom stereocenters. The highest BCUT2D eigenvalue weighted by molar-refractivity contribution is 7.98. The Morgan fingerprint density at radius 3 is 2.40 bits per heavy atom. The average molecular weight is 600 g/mol. The molecule has 6 rings (SSSR count). The second-order valence-corrected chi connectivity index (χ2v) is 12.8. The molecule has 226 valence electrons. The minimum atomic E-state index is -0.228. The molecule has 4 heterocycles. The van der Waals surface area contributed by atoms with Crippen LogP contribution in [0.3, 0.4) is 0 Å². The number of carbonyl (C=O) groups excluding carboxylic acids is 1. The summed E-state index contributed by atoms with van der Waals surface area (Å²) < 4.78 is 1.81. The molecule has 2 aliphatic rings. The average Bonchev–Trinajstić information content (AvgIpc) is 3.47. The number of rotatable bonds is 8. The maximum Gasteiger partial charge on any atom is 0.253 e. The minimum absolute atomic E-state index is 0.0559. The molecule has 4 aromatic rings. The Labute approximate surface area is 257 Å². The van der Waals surface area contributed by atoms with Crippen LogP contribution in [-0.4, -0.2) is 94.6 Å². The molecule has 43 heavy (non-hydrogen) atoms. The third kappa shape index (κ3) is 6.09. The number of aromatic nitrogens is 3. The maximum atomic E-state index is 13.1. The minimum Gasteiger partial charge on any atom is -0.395 e. The smallest absolute Gasteiger partial charge is 0.253 e. The fourth-order valence-corrected chi connectivity index (χ4v) is 6.84. The van der Waals surface area contributed by atoms with Crippen LogP contribution < -0.4 is 10.2 Å². The first kappa shape index (κ1) is 29.5. The second-order valence-electron chi connectivity index (χ2n) is 11.9. The Kier molecular flexibility index (Phi) is 8.61. The number of pyridine rings is 1. The largest absolute Gasteiger partial charge is 0.395 e. The maximum absolute atomic E-state index is 13.1. The molecule has 2 aromatic heterocycles. The van der Waals surface area contributed by atoms with E-state index in [0.29, 0.717) is 11.5 Å². The van der Waals surface area contributed by atoms with Gasteiger partial charge in [0.05, 0.1) is 12.3 Å². The van der Waals surface area contributed by atoms with Crippen LogP contribution >= 0.6 is 11.8 Å². The zero-order valence-corrected chi connectivity index (χ0v) is 26.1. The van der Waals surface area contributed by atoms with E-state index in [1.165, 1.54) is 10.5 Å². The number of hydrogen-bond donors (Lipinski definition) is 2. The number of amides is 1. The molecule has 0 aliphatic carbocycles. The highest BCUT2D eigenvalue weighted by Gasteiger charge is 2.36. The van der Waals surface area contributed by atoms with Crippen molar-refractivity contribution in [2.45, 2.75) is 42.0 Å². The number of carbonyl (C=O) groups is 1. The van der Waals surface area contributed by atoms with E-state index < -0.39 is 0 Å². The Morgan fingerprint density at radius 1 is 1.05 bits per heavy atom. The summed E-state index contributed by atoms with van der Waals surface area (Å²) in [5.74, 6) is 0.561. The van der Waals surface area contributed by atoms with Crippen LogP contribution in [-0.2, 0) is 5.41 Å². The van der Waals surface area contributed by atoms with Crippen molar-refractivity contribution in [3.63, 3.8) is 0 Å². The topological polar surface area (TPSA) is 89.2 Å². The molecule has 2 saturated heterocycles. The van der Waals surface area contributed by atoms with Crippen LogP contribution in [0.1, 0.15) is 41.6 Å². The summed E-state index contributed by atoms with van der Waals surface area (Å²) in [5.41, 5.74) is 4.31. The molecular weight excluding hydrogens is 558 g/mol. The summed E-state index contributed by atoms with van der Waals surface area (Å²) in [7, 11) is 4.04. The summed E-state index contributed by atoms with van der Waals surface area (Å²) >= 11 is 1.73. The Bertz CT molecular complexity index is 1540. The van der Waals surface area contributed by atoms with E-state index in [0.717, 1.165) is 68.9 Å². The van der Waals surface area contributed by atoms with Gasteiger partial charge >= 0.3 is 0 Å².